The van der Waals surface area contributed by atoms with Crippen LogP contribution in [-0.4, -0.2) is 63.4 Å². The number of rotatable bonds is 7. The van der Waals surface area contributed by atoms with E-state index in [2.05, 4.69) is 0 Å². The summed E-state index contributed by atoms with van der Waals surface area (Å²) in [6, 6.07) is 3.48. The van der Waals surface area contributed by atoms with E-state index in [0.717, 1.165) is 17.1 Å². The molecule has 0 spiro atoms. The zero-order valence-electron chi connectivity index (χ0n) is 15.4. The first-order chi connectivity index (χ1) is 12.8. The van der Waals surface area contributed by atoms with Crippen molar-refractivity contribution >= 4 is 27.4 Å². The maximum atomic E-state index is 13.8. The summed E-state index contributed by atoms with van der Waals surface area (Å²) < 4.78 is 45.9. The number of carbonyl (C=O) groups is 2. The molecular weight excluding hydrogens is 375 g/mol. The molecule has 0 saturated carbocycles. The molecule has 0 N–H and O–H groups in total. The Morgan fingerprint density at radius 3 is 2.70 bits per heavy atom. The molecular formula is C18H23FN2O5S. The van der Waals surface area contributed by atoms with Gasteiger partial charge in [-0.15, -0.1) is 0 Å². The fourth-order valence-electron chi connectivity index (χ4n) is 3.58. The molecule has 9 heteroatoms. The number of benzene rings is 1. The SMILES string of the molecule is CCCCN1C(=O)C(=O)c2cc(S(=O)(=O)N3C[C@H](F)C[C@H]3COC)ccc21. The first-order valence-corrected chi connectivity index (χ1v) is 10.4. The summed E-state index contributed by atoms with van der Waals surface area (Å²) in [5, 5.41) is 0. The second-order valence-electron chi connectivity index (χ2n) is 6.84. The number of methoxy groups -OCH3 is 1. The van der Waals surface area contributed by atoms with Gasteiger partial charge in [-0.2, -0.15) is 4.31 Å². The Bertz CT molecular complexity index is 857. The number of hydrogen-bond donors (Lipinski definition) is 0. The van der Waals surface area contributed by atoms with Crippen LogP contribution in [-0.2, 0) is 19.6 Å². The number of anilines is 1. The minimum atomic E-state index is -4.01. The molecule has 1 aromatic carbocycles. The summed E-state index contributed by atoms with van der Waals surface area (Å²) in [5.41, 5.74) is 0.507. The topological polar surface area (TPSA) is 84.0 Å². The van der Waals surface area contributed by atoms with Gasteiger partial charge in [-0.05, 0) is 31.0 Å². The third-order valence-corrected chi connectivity index (χ3v) is 6.87. The van der Waals surface area contributed by atoms with Crippen LogP contribution in [0, 0.1) is 0 Å². The van der Waals surface area contributed by atoms with Crippen molar-refractivity contribution in [3.8, 4) is 0 Å². The predicted molar refractivity (Wildman–Crippen MR) is 97.1 cm³/mol. The zero-order chi connectivity index (χ0) is 19.8. The monoisotopic (exact) mass is 398 g/mol. The minimum Gasteiger partial charge on any atom is -0.383 e. The standard InChI is InChI=1S/C18H23FN2O5S/c1-3-4-7-20-16-6-5-14(9-15(16)17(22)18(20)23)27(24,25)21-10-12(19)8-13(21)11-26-2/h5-6,9,12-13H,3-4,7-8,10-11H2,1-2H3/t12-,13+/m1/s1. The molecule has 2 aliphatic rings. The van der Waals surface area contributed by atoms with E-state index >= 15 is 0 Å². The molecule has 0 aliphatic carbocycles. The quantitative estimate of drug-likeness (QED) is 0.654. The molecule has 2 aliphatic heterocycles. The Morgan fingerprint density at radius 1 is 1.30 bits per heavy atom. The predicted octanol–water partition coefficient (Wildman–Crippen LogP) is 1.76. The molecule has 3 rings (SSSR count). The smallest absolute Gasteiger partial charge is 0.299 e. The van der Waals surface area contributed by atoms with Crippen molar-refractivity contribution in [2.75, 3.05) is 31.7 Å². The largest absolute Gasteiger partial charge is 0.383 e. The van der Waals surface area contributed by atoms with Gasteiger partial charge in [0.15, 0.2) is 0 Å². The van der Waals surface area contributed by atoms with Gasteiger partial charge in [0.2, 0.25) is 10.0 Å². The number of sulfonamides is 1. The van der Waals surface area contributed by atoms with Gasteiger partial charge in [-0.3, -0.25) is 9.59 Å². The Balaban J connectivity index is 1.95. The minimum absolute atomic E-state index is 0.0697. The molecule has 0 unspecified atom stereocenters. The molecule has 0 bridgehead atoms. The molecule has 2 heterocycles. The highest BCUT2D eigenvalue weighted by atomic mass is 32.2. The molecule has 0 radical (unpaired) electrons. The van der Waals surface area contributed by atoms with E-state index in [9.17, 15) is 22.4 Å². The van der Waals surface area contributed by atoms with Crippen molar-refractivity contribution in [2.45, 2.75) is 43.3 Å². The second-order valence-corrected chi connectivity index (χ2v) is 8.73. The Hall–Kier alpha value is -1.84. The fraction of sp³-hybridized carbons (Fsp3) is 0.556. The number of Topliss-reactive ketones (excluding diaryl/α,β-unsaturated/α-hetero) is 1. The molecule has 1 fully saturated rings. The van der Waals surface area contributed by atoms with Gasteiger partial charge < -0.3 is 9.64 Å². The van der Waals surface area contributed by atoms with Gasteiger partial charge in [0.05, 0.1) is 28.8 Å². The maximum Gasteiger partial charge on any atom is 0.299 e. The first kappa shape index (κ1) is 19.9. The van der Waals surface area contributed by atoms with Crippen molar-refractivity contribution < 1.29 is 27.1 Å². The molecule has 148 valence electrons. The summed E-state index contributed by atoms with van der Waals surface area (Å²) in [4.78, 5) is 25.8. The Labute approximate surface area is 158 Å². The molecule has 1 amide bonds. The summed E-state index contributed by atoms with van der Waals surface area (Å²) in [6.07, 6.45) is 0.408. The van der Waals surface area contributed by atoms with Crippen molar-refractivity contribution in [2.24, 2.45) is 0 Å². The molecule has 1 saturated heterocycles. The van der Waals surface area contributed by atoms with Crippen molar-refractivity contribution in [1.29, 1.82) is 0 Å². The van der Waals surface area contributed by atoms with Crippen LogP contribution in [0.5, 0.6) is 0 Å². The normalized spacial score (nSPS) is 23.3. The lowest BCUT2D eigenvalue weighted by molar-refractivity contribution is -0.114. The van der Waals surface area contributed by atoms with Crippen molar-refractivity contribution in [1.82, 2.24) is 4.31 Å². The van der Waals surface area contributed by atoms with Gasteiger partial charge in [0, 0.05) is 20.2 Å². The Kier molecular flexibility index (Phi) is 5.64. The summed E-state index contributed by atoms with van der Waals surface area (Å²) >= 11 is 0. The second kappa shape index (κ2) is 7.65. The number of fused-ring (bicyclic) bond motifs is 1. The number of amides is 1. The number of unbranched alkanes of at least 4 members (excludes halogenated alkanes) is 1. The van der Waals surface area contributed by atoms with Gasteiger partial charge in [0.1, 0.15) is 6.17 Å². The van der Waals surface area contributed by atoms with Crippen LogP contribution >= 0.6 is 0 Å². The van der Waals surface area contributed by atoms with Gasteiger partial charge >= 0.3 is 0 Å². The van der Waals surface area contributed by atoms with Crippen LogP contribution in [0.3, 0.4) is 0 Å². The average Bonchev–Trinajstić information content (AvgIpc) is 3.12. The van der Waals surface area contributed by atoms with Gasteiger partial charge in [-0.1, -0.05) is 13.3 Å². The number of ketones is 1. The lowest BCUT2D eigenvalue weighted by atomic mass is 10.1. The van der Waals surface area contributed by atoms with Crippen LogP contribution in [0.1, 0.15) is 36.5 Å². The van der Waals surface area contributed by atoms with Crippen LogP contribution < -0.4 is 4.90 Å². The fourth-order valence-corrected chi connectivity index (χ4v) is 5.26. The molecule has 0 aromatic heterocycles. The van der Waals surface area contributed by atoms with Crippen LogP contribution in [0.2, 0.25) is 0 Å². The van der Waals surface area contributed by atoms with Crippen molar-refractivity contribution in [3.63, 3.8) is 0 Å². The van der Waals surface area contributed by atoms with E-state index in [1.165, 1.54) is 30.2 Å². The summed E-state index contributed by atoms with van der Waals surface area (Å²) in [5.74, 6) is -1.35. The number of ether oxygens (including phenoxy) is 1. The number of alkyl halides is 1. The third-order valence-electron chi connectivity index (χ3n) is 4.96. The molecule has 27 heavy (non-hydrogen) atoms. The van der Waals surface area contributed by atoms with E-state index in [4.69, 9.17) is 4.74 Å². The van der Waals surface area contributed by atoms with E-state index in [1.54, 1.807) is 0 Å². The van der Waals surface area contributed by atoms with E-state index < -0.39 is 33.9 Å². The van der Waals surface area contributed by atoms with E-state index in [0.29, 0.717) is 12.2 Å². The van der Waals surface area contributed by atoms with Gasteiger partial charge in [-0.25, -0.2) is 12.8 Å². The van der Waals surface area contributed by atoms with Gasteiger partial charge in [0.25, 0.3) is 11.7 Å². The van der Waals surface area contributed by atoms with E-state index in [1.807, 2.05) is 6.92 Å². The number of halogens is 1. The first-order valence-electron chi connectivity index (χ1n) is 8.96. The molecule has 2 atom stereocenters. The van der Waals surface area contributed by atoms with Crippen LogP contribution in [0.15, 0.2) is 23.1 Å². The highest BCUT2D eigenvalue weighted by molar-refractivity contribution is 7.89. The highest BCUT2D eigenvalue weighted by Gasteiger charge is 2.42. The summed E-state index contributed by atoms with van der Waals surface area (Å²) in [7, 11) is -2.58. The number of hydrogen-bond acceptors (Lipinski definition) is 5. The van der Waals surface area contributed by atoms with Crippen molar-refractivity contribution in [3.05, 3.63) is 23.8 Å². The zero-order valence-corrected chi connectivity index (χ0v) is 16.2. The Morgan fingerprint density at radius 2 is 2.04 bits per heavy atom. The number of carbonyl (C=O) groups excluding carboxylic acids is 2. The molecule has 1 aromatic rings. The van der Waals surface area contributed by atoms with E-state index in [-0.39, 0.29) is 30.0 Å². The lowest BCUT2D eigenvalue weighted by Crippen LogP contribution is -2.38. The summed E-state index contributed by atoms with van der Waals surface area (Å²) in [6.45, 7) is 2.23. The number of nitrogens with zero attached hydrogens (tertiary/aromatic N) is 2. The lowest BCUT2D eigenvalue weighted by Gasteiger charge is -2.23. The highest BCUT2D eigenvalue weighted by Crippen LogP contribution is 2.34. The van der Waals surface area contributed by atoms with Crippen LogP contribution in [0.25, 0.3) is 0 Å². The average molecular weight is 398 g/mol. The third kappa shape index (κ3) is 3.51. The van der Waals surface area contributed by atoms with Crippen LogP contribution in [0.4, 0.5) is 10.1 Å². The molecule has 7 nitrogen and oxygen atoms in total. The maximum absolute atomic E-state index is 13.8.